The Hall–Kier alpha value is -2.56. The van der Waals surface area contributed by atoms with Crippen LogP contribution in [0.2, 0.25) is 0 Å². The van der Waals surface area contributed by atoms with Gasteiger partial charge < -0.3 is 4.90 Å². The van der Waals surface area contributed by atoms with Crippen molar-refractivity contribution < 1.29 is 13.2 Å². The second-order valence-corrected chi connectivity index (χ2v) is 11.6. The summed E-state index contributed by atoms with van der Waals surface area (Å²) >= 11 is 1.46. The van der Waals surface area contributed by atoms with E-state index in [1.165, 1.54) is 22.2 Å². The van der Waals surface area contributed by atoms with E-state index in [2.05, 4.69) is 9.88 Å². The predicted octanol–water partition coefficient (Wildman–Crippen LogP) is 1.46. The van der Waals surface area contributed by atoms with E-state index in [4.69, 9.17) is 0 Å². The first kappa shape index (κ1) is 21.3. The molecule has 10 heteroatoms. The van der Waals surface area contributed by atoms with Crippen molar-refractivity contribution in [3.63, 3.8) is 0 Å². The lowest BCUT2D eigenvalue weighted by molar-refractivity contribution is -0.133. The third-order valence-corrected chi connectivity index (χ3v) is 9.12. The third-order valence-electron chi connectivity index (χ3n) is 6.27. The molecule has 168 valence electrons. The van der Waals surface area contributed by atoms with Gasteiger partial charge in [0.15, 0.2) is 9.84 Å². The summed E-state index contributed by atoms with van der Waals surface area (Å²) in [5.41, 5.74) is 0.821. The van der Waals surface area contributed by atoms with Crippen molar-refractivity contribution in [3.05, 3.63) is 53.1 Å². The van der Waals surface area contributed by atoms with Gasteiger partial charge in [-0.15, -0.1) is 11.3 Å². The van der Waals surface area contributed by atoms with Crippen LogP contribution in [-0.2, 0) is 21.2 Å². The smallest absolute Gasteiger partial charge is 0.262 e. The Labute approximate surface area is 190 Å². The standard InChI is InChI=1S/C22H24N4O4S2/c27-20(25-9-7-24(8-10-25)17-6-11-32(29,30)14-17)13-26-15-23-21-18(22(26)28)12-19(31-21)16-4-2-1-3-5-16/h1-5,12,15,17H,6-11,13-14H2. The van der Waals surface area contributed by atoms with E-state index >= 15 is 0 Å². The van der Waals surface area contributed by atoms with Crippen LogP contribution in [0.1, 0.15) is 6.42 Å². The number of sulfone groups is 1. The first-order valence-electron chi connectivity index (χ1n) is 10.7. The molecule has 0 spiro atoms. The molecule has 2 aliphatic heterocycles. The third kappa shape index (κ3) is 4.22. The summed E-state index contributed by atoms with van der Waals surface area (Å²) < 4.78 is 24.9. The summed E-state index contributed by atoms with van der Waals surface area (Å²) in [6.45, 7) is 2.34. The van der Waals surface area contributed by atoms with E-state index in [0.717, 1.165) is 10.4 Å². The van der Waals surface area contributed by atoms with E-state index in [1.807, 2.05) is 36.4 Å². The first-order chi connectivity index (χ1) is 15.4. The first-order valence-corrected chi connectivity index (χ1v) is 13.3. The lowest BCUT2D eigenvalue weighted by Crippen LogP contribution is -2.53. The fourth-order valence-electron chi connectivity index (χ4n) is 4.46. The Morgan fingerprint density at radius 2 is 1.88 bits per heavy atom. The van der Waals surface area contributed by atoms with Gasteiger partial charge in [-0.2, -0.15) is 0 Å². The molecule has 1 unspecified atom stereocenters. The van der Waals surface area contributed by atoms with Gasteiger partial charge in [0.25, 0.3) is 5.56 Å². The Morgan fingerprint density at radius 1 is 1.12 bits per heavy atom. The van der Waals surface area contributed by atoms with Crippen LogP contribution in [0.5, 0.6) is 0 Å². The minimum atomic E-state index is -2.92. The molecule has 1 atom stereocenters. The molecule has 0 saturated carbocycles. The number of aromatic nitrogens is 2. The molecule has 8 nitrogen and oxygen atoms in total. The molecule has 3 aromatic rings. The maximum absolute atomic E-state index is 13.0. The quantitative estimate of drug-likeness (QED) is 0.571. The second kappa shape index (κ2) is 8.42. The molecule has 2 aromatic heterocycles. The molecule has 0 radical (unpaired) electrons. The van der Waals surface area contributed by atoms with Crippen molar-refractivity contribution in [3.8, 4) is 10.4 Å². The number of hydrogen-bond acceptors (Lipinski definition) is 7. The summed E-state index contributed by atoms with van der Waals surface area (Å²) in [4.78, 5) is 35.8. The van der Waals surface area contributed by atoms with Gasteiger partial charge in [0.2, 0.25) is 5.91 Å². The summed E-state index contributed by atoms with van der Waals surface area (Å²) in [5, 5.41) is 0.524. The topological polar surface area (TPSA) is 92.6 Å². The molecule has 1 aromatic carbocycles. The average molecular weight is 473 g/mol. The van der Waals surface area contributed by atoms with Crippen LogP contribution in [0.25, 0.3) is 20.7 Å². The maximum Gasteiger partial charge on any atom is 0.262 e. The number of piperazine rings is 1. The molecule has 2 aliphatic rings. The van der Waals surface area contributed by atoms with E-state index in [9.17, 15) is 18.0 Å². The molecule has 2 fully saturated rings. The number of benzene rings is 1. The van der Waals surface area contributed by atoms with Crippen LogP contribution in [0.15, 0.2) is 47.5 Å². The Bertz CT molecular complexity index is 1310. The van der Waals surface area contributed by atoms with E-state index in [0.29, 0.717) is 42.8 Å². The Kier molecular flexibility index (Phi) is 5.60. The average Bonchev–Trinajstić information content (AvgIpc) is 3.40. The Morgan fingerprint density at radius 3 is 2.56 bits per heavy atom. The van der Waals surface area contributed by atoms with Crippen LogP contribution in [0.4, 0.5) is 0 Å². The van der Waals surface area contributed by atoms with Crippen LogP contribution >= 0.6 is 11.3 Å². The van der Waals surface area contributed by atoms with Crippen molar-refractivity contribution in [1.82, 2.24) is 19.4 Å². The van der Waals surface area contributed by atoms with Gasteiger partial charge in [-0.05, 0) is 18.1 Å². The number of fused-ring (bicyclic) bond motifs is 1. The molecule has 2 saturated heterocycles. The van der Waals surface area contributed by atoms with Gasteiger partial charge in [0, 0.05) is 37.1 Å². The highest BCUT2D eigenvalue weighted by molar-refractivity contribution is 7.91. The summed E-state index contributed by atoms with van der Waals surface area (Å²) in [5.74, 6) is 0.350. The van der Waals surface area contributed by atoms with Gasteiger partial charge in [0.1, 0.15) is 11.4 Å². The Balaban J connectivity index is 1.26. The lowest BCUT2D eigenvalue weighted by Gasteiger charge is -2.37. The van der Waals surface area contributed by atoms with Gasteiger partial charge in [-0.25, -0.2) is 13.4 Å². The van der Waals surface area contributed by atoms with E-state index in [-0.39, 0.29) is 35.6 Å². The summed E-state index contributed by atoms with van der Waals surface area (Å²) in [7, 11) is -2.92. The fraction of sp³-hybridized carbons (Fsp3) is 0.409. The lowest BCUT2D eigenvalue weighted by atomic mass is 10.2. The molecule has 32 heavy (non-hydrogen) atoms. The van der Waals surface area contributed by atoms with Crippen LogP contribution in [-0.4, -0.2) is 77.4 Å². The van der Waals surface area contributed by atoms with Crippen molar-refractivity contribution >= 4 is 37.3 Å². The van der Waals surface area contributed by atoms with Crippen molar-refractivity contribution in [1.29, 1.82) is 0 Å². The number of rotatable bonds is 4. The zero-order chi connectivity index (χ0) is 22.3. The molecular formula is C22H24N4O4S2. The number of hydrogen-bond donors (Lipinski definition) is 0. The minimum absolute atomic E-state index is 0.0455. The number of thiophene rings is 1. The van der Waals surface area contributed by atoms with Crippen molar-refractivity contribution in [2.75, 3.05) is 37.7 Å². The number of amides is 1. The van der Waals surface area contributed by atoms with Gasteiger partial charge in [-0.3, -0.25) is 19.1 Å². The number of carbonyl (C=O) groups excluding carboxylic acids is 1. The monoisotopic (exact) mass is 472 g/mol. The molecule has 4 heterocycles. The zero-order valence-corrected chi connectivity index (χ0v) is 19.1. The summed E-state index contributed by atoms with van der Waals surface area (Å²) in [6.07, 6.45) is 2.12. The fourth-order valence-corrected chi connectivity index (χ4v) is 7.22. The van der Waals surface area contributed by atoms with Crippen molar-refractivity contribution in [2.45, 2.75) is 19.0 Å². The zero-order valence-electron chi connectivity index (χ0n) is 17.5. The summed E-state index contributed by atoms with van der Waals surface area (Å²) in [6, 6.07) is 11.7. The number of carbonyl (C=O) groups is 1. The number of nitrogens with zero attached hydrogens (tertiary/aromatic N) is 4. The van der Waals surface area contributed by atoms with E-state index in [1.54, 1.807) is 4.90 Å². The minimum Gasteiger partial charge on any atom is -0.339 e. The SMILES string of the molecule is O=C(Cn1cnc2sc(-c3ccccc3)cc2c1=O)N1CCN(C2CCS(=O)(=O)C2)CC1. The van der Waals surface area contributed by atoms with E-state index < -0.39 is 9.84 Å². The van der Waals surface area contributed by atoms with Crippen LogP contribution in [0, 0.1) is 0 Å². The molecular weight excluding hydrogens is 448 g/mol. The second-order valence-electron chi connectivity index (χ2n) is 8.35. The maximum atomic E-state index is 13.0. The van der Waals surface area contributed by atoms with Gasteiger partial charge in [0.05, 0.1) is 23.2 Å². The van der Waals surface area contributed by atoms with Gasteiger partial charge >= 0.3 is 0 Å². The highest BCUT2D eigenvalue weighted by Gasteiger charge is 2.34. The van der Waals surface area contributed by atoms with Crippen LogP contribution in [0.3, 0.4) is 0 Å². The normalized spacial score (nSPS) is 21.2. The molecule has 0 bridgehead atoms. The van der Waals surface area contributed by atoms with Crippen molar-refractivity contribution in [2.24, 2.45) is 0 Å². The predicted molar refractivity (Wildman–Crippen MR) is 125 cm³/mol. The molecule has 5 rings (SSSR count). The highest BCUT2D eigenvalue weighted by Crippen LogP contribution is 2.30. The highest BCUT2D eigenvalue weighted by atomic mass is 32.2. The largest absolute Gasteiger partial charge is 0.339 e. The van der Waals surface area contributed by atoms with Gasteiger partial charge in [-0.1, -0.05) is 30.3 Å². The molecule has 1 amide bonds. The molecule has 0 aliphatic carbocycles. The molecule has 0 N–H and O–H groups in total. The van der Waals surface area contributed by atoms with Crippen LogP contribution < -0.4 is 5.56 Å².